The smallest absolute Gasteiger partial charge is 0.227 e. The Morgan fingerprint density at radius 2 is 1.94 bits per heavy atom. The van der Waals surface area contributed by atoms with Gasteiger partial charge in [0.05, 0.1) is 12.5 Å². The first-order chi connectivity index (χ1) is 7.56. The van der Waals surface area contributed by atoms with E-state index in [1.54, 1.807) is 0 Å². The van der Waals surface area contributed by atoms with E-state index >= 15 is 0 Å². The molecule has 1 rings (SSSR count). The van der Waals surface area contributed by atoms with E-state index in [4.69, 9.17) is 12.2 Å². The summed E-state index contributed by atoms with van der Waals surface area (Å²) in [5.41, 5.74) is 5.73. The summed E-state index contributed by atoms with van der Waals surface area (Å²) in [6.07, 6.45) is 5.25. The molecular formula is C12H21N3O. The number of carbonyl (C=O) groups excluding carboxylic acids is 1. The molecule has 0 aromatic rings. The van der Waals surface area contributed by atoms with Crippen LogP contribution >= 0.6 is 0 Å². The highest BCUT2D eigenvalue weighted by Crippen LogP contribution is 2.09. The zero-order valence-electron chi connectivity index (χ0n) is 10.1. The third kappa shape index (κ3) is 3.22. The van der Waals surface area contributed by atoms with Crippen LogP contribution in [0.2, 0.25) is 0 Å². The van der Waals surface area contributed by atoms with Gasteiger partial charge < -0.3 is 10.6 Å². The lowest BCUT2D eigenvalue weighted by Gasteiger charge is -2.35. The molecule has 2 N–H and O–H groups in total. The maximum Gasteiger partial charge on any atom is 0.227 e. The van der Waals surface area contributed by atoms with E-state index in [0.29, 0.717) is 6.54 Å². The van der Waals surface area contributed by atoms with Gasteiger partial charge in [0.2, 0.25) is 5.91 Å². The molecule has 0 bridgehead atoms. The molecule has 2 atom stereocenters. The van der Waals surface area contributed by atoms with Crippen molar-refractivity contribution in [3.8, 4) is 12.3 Å². The van der Waals surface area contributed by atoms with Crippen molar-refractivity contribution in [2.24, 2.45) is 11.7 Å². The molecular weight excluding hydrogens is 202 g/mol. The zero-order chi connectivity index (χ0) is 12.1. The van der Waals surface area contributed by atoms with Gasteiger partial charge in [0.1, 0.15) is 0 Å². The standard InChI is InChI=1S/C12H21N3O/c1-4-5-14-6-8-15(9-7-14)12(16)10(2)11(3)13/h1,10-11H,5-9,13H2,2-3H3. The predicted octanol–water partition coefficient (Wildman–Crippen LogP) is -0.253. The lowest BCUT2D eigenvalue weighted by molar-refractivity contribution is -0.137. The molecule has 90 valence electrons. The minimum atomic E-state index is -0.0980. The van der Waals surface area contributed by atoms with Gasteiger partial charge in [0.25, 0.3) is 0 Å². The molecule has 4 heteroatoms. The Bertz CT molecular complexity index is 274. The number of carbonyl (C=O) groups is 1. The Morgan fingerprint density at radius 1 is 1.38 bits per heavy atom. The molecule has 2 unspecified atom stereocenters. The van der Waals surface area contributed by atoms with Crippen molar-refractivity contribution in [2.45, 2.75) is 19.9 Å². The summed E-state index contributed by atoms with van der Waals surface area (Å²) in [6.45, 7) is 7.68. The number of nitrogens with zero attached hydrogens (tertiary/aromatic N) is 2. The Morgan fingerprint density at radius 3 is 2.38 bits per heavy atom. The maximum atomic E-state index is 12.0. The summed E-state index contributed by atoms with van der Waals surface area (Å²) >= 11 is 0. The van der Waals surface area contributed by atoms with E-state index in [0.717, 1.165) is 26.2 Å². The molecule has 16 heavy (non-hydrogen) atoms. The van der Waals surface area contributed by atoms with E-state index < -0.39 is 0 Å². The first-order valence-corrected chi connectivity index (χ1v) is 5.76. The average Bonchev–Trinajstić information content (AvgIpc) is 2.28. The summed E-state index contributed by atoms with van der Waals surface area (Å²) < 4.78 is 0. The molecule has 1 aliphatic rings. The van der Waals surface area contributed by atoms with E-state index in [-0.39, 0.29) is 17.9 Å². The third-order valence-corrected chi connectivity index (χ3v) is 3.18. The lowest BCUT2D eigenvalue weighted by Crippen LogP contribution is -2.51. The largest absolute Gasteiger partial charge is 0.340 e. The van der Waals surface area contributed by atoms with Gasteiger partial charge in [0, 0.05) is 32.2 Å². The fourth-order valence-electron chi connectivity index (χ4n) is 1.77. The summed E-state index contributed by atoms with van der Waals surface area (Å²) in [7, 11) is 0. The van der Waals surface area contributed by atoms with Crippen LogP contribution in [-0.4, -0.2) is 54.5 Å². The molecule has 1 aliphatic heterocycles. The quantitative estimate of drug-likeness (QED) is 0.671. The molecule has 0 saturated carbocycles. The SMILES string of the molecule is C#CCN1CCN(C(=O)C(C)C(C)N)CC1. The third-order valence-electron chi connectivity index (χ3n) is 3.18. The number of amides is 1. The number of piperazine rings is 1. The van der Waals surface area contributed by atoms with Crippen LogP contribution in [-0.2, 0) is 4.79 Å². The van der Waals surface area contributed by atoms with Gasteiger partial charge >= 0.3 is 0 Å². The first kappa shape index (κ1) is 13.0. The van der Waals surface area contributed by atoms with Crippen molar-refractivity contribution >= 4 is 5.91 Å². The van der Waals surface area contributed by atoms with E-state index in [2.05, 4.69) is 10.8 Å². The van der Waals surface area contributed by atoms with Crippen LogP contribution in [0.4, 0.5) is 0 Å². The molecule has 1 fully saturated rings. The summed E-state index contributed by atoms with van der Waals surface area (Å²) in [5, 5.41) is 0. The normalized spacial score (nSPS) is 21.2. The highest BCUT2D eigenvalue weighted by Gasteiger charge is 2.26. The fraction of sp³-hybridized carbons (Fsp3) is 0.750. The average molecular weight is 223 g/mol. The Hall–Kier alpha value is -1.05. The van der Waals surface area contributed by atoms with Gasteiger partial charge in [-0.3, -0.25) is 9.69 Å². The van der Waals surface area contributed by atoms with Crippen LogP contribution in [0.15, 0.2) is 0 Å². The van der Waals surface area contributed by atoms with Crippen molar-refractivity contribution in [1.29, 1.82) is 0 Å². The van der Waals surface area contributed by atoms with Gasteiger partial charge in [-0.05, 0) is 6.92 Å². The topological polar surface area (TPSA) is 49.6 Å². The van der Waals surface area contributed by atoms with Crippen LogP contribution in [0.1, 0.15) is 13.8 Å². The molecule has 1 saturated heterocycles. The molecule has 0 radical (unpaired) electrons. The molecule has 1 amide bonds. The molecule has 0 aromatic carbocycles. The van der Waals surface area contributed by atoms with E-state index in [9.17, 15) is 4.79 Å². The molecule has 0 aromatic heterocycles. The summed E-state index contributed by atoms with van der Waals surface area (Å²) in [5.74, 6) is 2.69. The number of terminal acetylenes is 1. The number of hydrogen-bond donors (Lipinski definition) is 1. The van der Waals surface area contributed by atoms with Crippen molar-refractivity contribution in [3.05, 3.63) is 0 Å². The van der Waals surface area contributed by atoms with Crippen molar-refractivity contribution in [2.75, 3.05) is 32.7 Å². The van der Waals surface area contributed by atoms with Gasteiger partial charge in [-0.1, -0.05) is 12.8 Å². The Labute approximate surface area is 97.8 Å². The predicted molar refractivity (Wildman–Crippen MR) is 64.7 cm³/mol. The van der Waals surface area contributed by atoms with E-state index in [1.165, 1.54) is 0 Å². The fourth-order valence-corrected chi connectivity index (χ4v) is 1.77. The Kier molecular flexibility index (Phi) is 4.78. The number of nitrogens with two attached hydrogens (primary N) is 1. The molecule has 1 heterocycles. The minimum Gasteiger partial charge on any atom is -0.340 e. The Balaban J connectivity index is 2.42. The second-order valence-electron chi connectivity index (χ2n) is 4.45. The van der Waals surface area contributed by atoms with Crippen LogP contribution in [0.5, 0.6) is 0 Å². The zero-order valence-corrected chi connectivity index (χ0v) is 10.1. The second kappa shape index (κ2) is 5.88. The monoisotopic (exact) mass is 223 g/mol. The van der Waals surface area contributed by atoms with Crippen LogP contribution in [0.3, 0.4) is 0 Å². The van der Waals surface area contributed by atoms with Crippen molar-refractivity contribution in [3.63, 3.8) is 0 Å². The summed E-state index contributed by atoms with van der Waals surface area (Å²) in [6, 6.07) is -0.0868. The van der Waals surface area contributed by atoms with Gasteiger partial charge in [-0.25, -0.2) is 0 Å². The maximum absolute atomic E-state index is 12.0. The van der Waals surface area contributed by atoms with Crippen LogP contribution in [0.25, 0.3) is 0 Å². The van der Waals surface area contributed by atoms with Gasteiger partial charge in [0.15, 0.2) is 0 Å². The molecule has 4 nitrogen and oxygen atoms in total. The van der Waals surface area contributed by atoms with Crippen LogP contribution < -0.4 is 5.73 Å². The van der Waals surface area contributed by atoms with Crippen molar-refractivity contribution in [1.82, 2.24) is 9.80 Å². The second-order valence-corrected chi connectivity index (χ2v) is 4.45. The number of hydrogen-bond acceptors (Lipinski definition) is 3. The highest BCUT2D eigenvalue weighted by atomic mass is 16.2. The highest BCUT2D eigenvalue weighted by molar-refractivity contribution is 5.79. The summed E-state index contributed by atoms with van der Waals surface area (Å²) in [4.78, 5) is 16.1. The molecule has 0 aliphatic carbocycles. The van der Waals surface area contributed by atoms with E-state index in [1.807, 2.05) is 18.7 Å². The first-order valence-electron chi connectivity index (χ1n) is 5.76. The number of rotatable bonds is 3. The molecule has 0 spiro atoms. The van der Waals surface area contributed by atoms with Gasteiger partial charge in [-0.15, -0.1) is 6.42 Å². The lowest BCUT2D eigenvalue weighted by atomic mass is 10.0. The minimum absolute atomic E-state index is 0.0868. The van der Waals surface area contributed by atoms with Crippen molar-refractivity contribution < 1.29 is 4.79 Å². The van der Waals surface area contributed by atoms with Gasteiger partial charge in [-0.2, -0.15) is 0 Å². The van der Waals surface area contributed by atoms with Crippen LogP contribution in [0, 0.1) is 18.3 Å².